The first-order chi connectivity index (χ1) is 17.7. The Morgan fingerprint density at radius 1 is 1.14 bits per heavy atom. The Hall–Kier alpha value is -3.64. The minimum atomic E-state index is -1.21. The standard InChI is InChI=1S/C26H30N2O9/c1-13-8-22(32)36-19-10-16(5-6-17(13)19)35-26-24(28-14(2)30)25(33)23(21(12-29)37-26)27-11-15-4-7-18(31)20(9-15)34-3/h4-10,21,23-27,29,31,33H,11-12H2,1-3H3,(H,28,30)/t21-,23-,24-,25+,26-/m1/s1. The number of carbonyl (C=O) groups is 1. The zero-order valence-electron chi connectivity index (χ0n) is 20.6. The van der Waals surface area contributed by atoms with Crippen LogP contribution in [0.4, 0.5) is 0 Å². The summed E-state index contributed by atoms with van der Waals surface area (Å²) in [7, 11) is 1.44. The van der Waals surface area contributed by atoms with Gasteiger partial charge in [0.25, 0.3) is 0 Å². The number of benzene rings is 2. The van der Waals surface area contributed by atoms with E-state index in [9.17, 15) is 24.9 Å². The third-order valence-corrected chi connectivity index (χ3v) is 6.25. The number of aromatic hydroxyl groups is 1. The summed E-state index contributed by atoms with van der Waals surface area (Å²) < 4.78 is 22.4. The average molecular weight is 515 g/mol. The summed E-state index contributed by atoms with van der Waals surface area (Å²) in [4.78, 5) is 23.7. The van der Waals surface area contributed by atoms with Crippen molar-refractivity contribution in [2.45, 2.75) is 51.0 Å². The van der Waals surface area contributed by atoms with E-state index >= 15 is 0 Å². The summed E-state index contributed by atoms with van der Waals surface area (Å²) in [6.45, 7) is 2.91. The normalized spacial score (nSPS) is 23.5. The highest BCUT2D eigenvalue weighted by Crippen LogP contribution is 2.29. The lowest BCUT2D eigenvalue weighted by Crippen LogP contribution is -2.68. The van der Waals surface area contributed by atoms with Gasteiger partial charge in [-0.3, -0.25) is 4.79 Å². The van der Waals surface area contributed by atoms with Crippen LogP contribution in [-0.2, 0) is 16.1 Å². The van der Waals surface area contributed by atoms with E-state index in [4.69, 9.17) is 18.6 Å². The Bertz CT molecular complexity index is 1330. The average Bonchev–Trinajstić information content (AvgIpc) is 2.85. The summed E-state index contributed by atoms with van der Waals surface area (Å²) in [6.07, 6.45) is -3.25. The molecule has 2 aromatic carbocycles. The van der Waals surface area contributed by atoms with Crippen LogP contribution in [0, 0.1) is 6.92 Å². The van der Waals surface area contributed by atoms with Gasteiger partial charge in [0.2, 0.25) is 12.2 Å². The highest BCUT2D eigenvalue weighted by Gasteiger charge is 2.46. The molecule has 0 saturated carbocycles. The van der Waals surface area contributed by atoms with E-state index < -0.39 is 48.7 Å². The Morgan fingerprint density at radius 3 is 2.62 bits per heavy atom. The van der Waals surface area contributed by atoms with Crippen molar-refractivity contribution in [1.82, 2.24) is 10.6 Å². The number of phenolic OH excluding ortho intramolecular Hbond substituents is 1. The molecule has 11 heteroatoms. The van der Waals surface area contributed by atoms with Crippen LogP contribution in [0.2, 0.25) is 0 Å². The van der Waals surface area contributed by atoms with Crippen molar-refractivity contribution in [3.8, 4) is 17.2 Å². The molecule has 1 aromatic heterocycles. The SMILES string of the molecule is COc1cc(CN[C@H]2[C@H](O)[C@@H](NC(C)=O)[C@H](Oc3ccc4c(C)cc(=O)oc4c3)O[C@@H]2CO)ccc1O. The first-order valence-corrected chi connectivity index (χ1v) is 11.7. The number of nitrogens with one attached hydrogen (secondary N) is 2. The number of hydrogen-bond donors (Lipinski definition) is 5. The molecule has 0 radical (unpaired) electrons. The molecule has 0 unspecified atom stereocenters. The quantitative estimate of drug-likeness (QED) is 0.274. The van der Waals surface area contributed by atoms with Crippen molar-refractivity contribution < 1.29 is 38.7 Å². The first kappa shape index (κ1) is 26.4. The topological polar surface area (TPSA) is 160 Å². The molecule has 0 bridgehead atoms. The lowest BCUT2D eigenvalue weighted by Gasteiger charge is -2.44. The van der Waals surface area contributed by atoms with E-state index in [-0.39, 0.29) is 18.0 Å². The number of methoxy groups -OCH3 is 1. The summed E-state index contributed by atoms with van der Waals surface area (Å²) in [6, 6.07) is 9.36. The Morgan fingerprint density at radius 2 is 1.92 bits per heavy atom. The molecule has 1 aliphatic heterocycles. The van der Waals surface area contributed by atoms with Crippen molar-refractivity contribution >= 4 is 16.9 Å². The van der Waals surface area contributed by atoms with Crippen LogP contribution in [0.1, 0.15) is 18.1 Å². The minimum absolute atomic E-state index is 0.00522. The van der Waals surface area contributed by atoms with Gasteiger partial charge in [-0.05, 0) is 42.3 Å². The zero-order chi connectivity index (χ0) is 26.7. The first-order valence-electron chi connectivity index (χ1n) is 11.7. The smallest absolute Gasteiger partial charge is 0.336 e. The van der Waals surface area contributed by atoms with Crippen molar-refractivity contribution in [2.75, 3.05) is 13.7 Å². The van der Waals surface area contributed by atoms with E-state index in [1.807, 2.05) is 0 Å². The summed E-state index contributed by atoms with van der Waals surface area (Å²) in [5.41, 5.74) is 1.32. The molecular weight excluding hydrogens is 484 g/mol. The Kier molecular flexibility index (Phi) is 7.98. The molecule has 3 aromatic rings. The zero-order valence-corrected chi connectivity index (χ0v) is 20.6. The number of ether oxygens (including phenoxy) is 3. The van der Waals surface area contributed by atoms with Crippen LogP contribution in [0.5, 0.6) is 17.2 Å². The van der Waals surface area contributed by atoms with Crippen LogP contribution < -0.4 is 25.7 Å². The Labute approximate surface area is 212 Å². The monoisotopic (exact) mass is 514 g/mol. The lowest BCUT2D eigenvalue weighted by atomic mass is 9.93. The van der Waals surface area contributed by atoms with Crippen LogP contribution in [0.3, 0.4) is 0 Å². The van der Waals surface area contributed by atoms with Crippen LogP contribution in [0.15, 0.2) is 51.7 Å². The second kappa shape index (κ2) is 11.2. The van der Waals surface area contributed by atoms with Gasteiger partial charge in [0.1, 0.15) is 23.5 Å². The molecule has 198 valence electrons. The van der Waals surface area contributed by atoms with E-state index in [0.717, 1.165) is 16.5 Å². The molecule has 4 rings (SSSR count). The number of carbonyl (C=O) groups excluding carboxylic acids is 1. The van der Waals surface area contributed by atoms with Crippen LogP contribution >= 0.6 is 0 Å². The fourth-order valence-corrected chi connectivity index (χ4v) is 4.42. The number of rotatable bonds is 8. The van der Waals surface area contributed by atoms with Gasteiger partial charge < -0.3 is 44.6 Å². The lowest BCUT2D eigenvalue weighted by molar-refractivity contribution is -0.215. The predicted octanol–water partition coefficient (Wildman–Crippen LogP) is 0.936. The van der Waals surface area contributed by atoms with Crippen LogP contribution in [-0.4, -0.2) is 65.5 Å². The number of aryl methyl sites for hydroxylation is 1. The largest absolute Gasteiger partial charge is 0.504 e. The maximum atomic E-state index is 12.0. The van der Waals surface area contributed by atoms with Gasteiger partial charge >= 0.3 is 5.63 Å². The highest BCUT2D eigenvalue weighted by molar-refractivity contribution is 5.81. The number of amides is 1. The van der Waals surface area contributed by atoms with Crippen LogP contribution in [0.25, 0.3) is 11.0 Å². The van der Waals surface area contributed by atoms with Crippen molar-refractivity contribution in [1.29, 1.82) is 0 Å². The number of aliphatic hydroxyl groups is 2. The maximum Gasteiger partial charge on any atom is 0.336 e. The number of aliphatic hydroxyl groups excluding tert-OH is 2. The maximum absolute atomic E-state index is 12.0. The van der Waals surface area contributed by atoms with E-state index in [1.54, 1.807) is 31.2 Å². The van der Waals surface area contributed by atoms with E-state index in [0.29, 0.717) is 11.3 Å². The Balaban J connectivity index is 1.56. The van der Waals surface area contributed by atoms with Gasteiger partial charge in [-0.25, -0.2) is 4.79 Å². The molecule has 1 fully saturated rings. The molecule has 1 amide bonds. The predicted molar refractivity (Wildman–Crippen MR) is 132 cm³/mol. The molecular formula is C26H30N2O9. The van der Waals surface area contributed by atoms with E-state index in [1.165, 1.54) is 32.2 Å². The second-order valence-corrected chi connectivity index (χ2v) is 8.88. The molecule has 1 aliphatic rings. The number of fused-ring (bicyclic) bond motifs is 1. The number of hydrogen-bond acceptors (Lipinski definition) is 10. The third-order valence-electron chi connectivity index (χ3n) is 6.25. The molecule has 2 heterocycles. The van der Waals surface area contributed by atoms with Gasteiger partial charge in [0.15, 0.2) is 11.5 Å². The van der Waals surface area contributed by atoms with Gasteiger partial charge in [0.05, 0.1) is 25.9 Å². The molecule has 5 N–H and O–H groups in total. The van der Waals surface area contributed by atoms with Gasteiger partial charge in [-0.1, -0.05) is 6.07 Å². The van der Waals surface area contributed by atoms with Gasteiger partial charge in [-0.15, -0.1) is 0 Å². The van der Waals surface area contributed by atoms with E-state index in [2.05, 4.69) is 10.6 Å². The molecule has 0 spiro atoms. The van der Waals surface area contributed by atoms with Crippen molar-refractivity contribution in [3.05, 3.63) is 64.0 Å². The molecule has 0 aliphatic carbocycles. The fourth-order valence-electron chi connectivity index (χ4n) is 4.42. The number of phenols is 1. The molecule has 11 nitrogen and oxygen atoms in total. The highest BCUT2D eigenvalue weighted by atomic mass is 16.7. The van der Waals surface area contributed by atoms with Gasteiger partial charge in [0, 0.05) is 31.0 Å². The van der Waals surface area contributed by atoms with Crippen molar-refractivity contribution in [2.24, 2.45) is 0 Å². The molecule has 5 atom stereocenters. The summed E-state index contributed by atoms with van der Waals surface area (Å²) >= 11 is 0. The fraction of sp³-hybridized carbons (Fsp3) is 0.385. The minimum Gasteiger partial charge on any atom is -0.504 e. The molecule has 1 saturated heterocycles. The van der Waals surface area contributed by atoms with Gasteiger partial charge in [-0.2, -0.15) is 0 Å². The molecule has 37 heavy (non-hydrogen) atoms. The summed E-state index contributed by atoms with van der Waals surface area (Å²) in [5, 5.41) is 37.6. The third kappa shape index (κ3) is 5.86. The summed E-state index contributed by atoms with van der Waals surface area (Å²) in [5.74, 6) is 0.165. The van der Waals surface area contributed by atoms with Crippen molar-refractivity contribution in [3.63, 3.8) is 0 Å². The second-order valence-electron chi connectivity index (χ2n) is 8.88.